The average Bonchev–Trinajstić information content (AvgIpc) is 3.58. The predicted octanol–water partition coefficient (Wildman–Crippen LogP) is 6.73. The fourth-order valence-corrected chi connectivity index (χ4v) is 6.83. The van der Waals surface area contributed by atoms with E-state index in [0.29, 0.717) is 34.4 Å². The molecule has 7 rings (SSSR count). The number of halogens is 1. The van der Waals surface area contributed by atoms with Crippen molar-refractivity contribution in [1.29, 1.82) is 0 Å². The van der Waals surface area contributed by atoms with E-state index in [1.807, 2.05) is 91.0 Å². The lowest BCUT2D eigenvalue weighted by molar-refractivity contribution is -0.0443. The molecule has 4 aromatic carbocycles. The number of aromatic nitrogens is 4. The monoisotopic (exact) mass is 655 g/mol. The van der Waals surface area contributed by atoms with Crippen LogP contribution in [0.25, 0.3) is 11.2 Å². The molecule has 0 aliphatic heterocycles. The number of carbonyl (C=O) groups is 1. The number of ether oxygens (including phenoxy) is 2. The highest BCUT2D eigenvalue weighted by Gasteiger charge is 2.49. The maximum absolute atomic E-state index is 14.9. The first-order valence-corrected chi connectivity index (χ1v) is 15.9. The number of anilines is 1. The highest BCUT2D eigenvalue weighted by molar-refractivity contribution is 6.06. The Morgan fingerprint density at radius 3 is 2.08 bits per heavy atom. The maximum atomic E-state index is 14.9. The van der Waals surface area contributed by atoms with Gasteiger partial charge in [-0.2, -0.15) is 0 Å². The quantitative estimate of drug-likeness (QED) is 0.149. The van der Waals surface area contributed by atoms with Crippen LogP contribution in [-0.2, 0) is 10.3 Å². The molecular formula is C39H34FN5O4. The highest BCUT2D eigenvalue weighted by Crippen LogP contribution is 2.52. The summed E-state index contributed by atoms with van der Waals surface area (Å²) in [6.45, 7) is -0.127. The van der Waals surface area contributed by atoms with Crippen molar-refractivity contribution in [2.24, 2.45) is 11.8 Å². The number of nitrogens with one attached hydrogen (secondary N) is 1. The molecule has 2 heterocycles. The predicted molar refractivity (Wildman–Crippen MR) is 184 cm³/mol. The largest absolute Gasteiger partial charge is 0.497 e. The highest BCUT2D eigenvalue weighted by atomic mass is 19.1. The van der Waals surface area contributed by atoms with Crippen LogP contribution in [0.3, 0.4) is 0 Å². The number of aliphatic hydroxyl groups excluding tert-OH is 1. The molecule has 1 aliphatic rings. The lowest BCUT2D eigenvalue weighted by Crippen LogP contribution is -2.47. The number of amides is 1. The zero-order chi connectivity index (χ0) is 33.8. The van der Waals surface area contributed by atoms with Gasteiger partial charge in [0.05, 0.1) is 32.4 Å². The van der Waals surface area contributed by atoms with Gasteiger partial charge in [0.15, 0.2) is 17.0 Å². The lowest BCUT2D eigenvalue weighted by Gasteiger charge is -2.48. The lowest BCUT2D eigenvalue weighted by atomic mass is 9.65. The molecule has 246 valence electrons. The van der Waals surface area contributed by atoms with Gasteiger partial charge in [-0.05, 0) is 46.5 Å². The number of imidazole rings is 1. The minimum absolute atomic E-state index is 0.104. The summed E-state index contributed by atoms with van der Waals surface area (Å²) < 4.78 is 29.1. The number of fused-ring (bicyclic) bond motifs is 1. The van der Waals surface area contributed by atoms with Gasteiger partial charge in [0.25, 0.3) is 5.91 Å². The Kier molecular flexibility index (Phi) is 8.97. The molecule has 0 bridgehead atoms. The number of aliphatic hydroxyl groups is 1. The molecule has 0 radical (unpaired) electrons. The number of nitrogens with zero attached hydrogens (tertiary/aromatic N) is 4. The van der Waals surface area contributed by atoms with Crippen molar-refractivity contribution in [2.75, 3.05) is 25.6 Å². The minimum atomic E-state index is -1.05. The van der Waals surface area contributed by atoms with Gasteiger partial charge in [-0.1, -0.05) is 91.0 Å². The van der Waals surface area contributed by atoms with Gasteiger partial charge >= 0.3 is 0 Å². The van der Waals surface area contributed by atoms with Gasteiger partial charge in [0, 0.05) is 24.0 Å². The Labute approximate surface area is 282 Å². The van der Waals surface area contributed by atoms with E-state index in [0.717, 1.165) is 16.7 Å². The number of hydrogen-bond acceptors (Lipinski definition) is 7. The zero-order valence-electron chi connectivity index (χ0n) is 26.7. The van der Waals surface area contributed by atoms with Crippen LogP contribution in [0.5, 0.6) is 5.75 Å². The zero-order valence-corrected chi connectivity index (χ0v) is 26.7. The second-order valence-electron chi connectivity index (χ2n) is 11.8. The first-order valence-electron chi connectivity index (χ1n) is 15.9. The second-order valence-corrected chi connectivity index (χ2v) is 11.8. The Hall–Kier alpha value is -5.71. The third kappa shape index (κ3) is 5.75. The van der Waals surface area contributed by atoms with Crippen LogP contribution in [-0.4, -0.2) is 50.9 Å². The van der Waals surface area contributed by atoms with Gasteiger partial charge in [-0.25, -0.2) is 19.3 Å². The summed E-state index contributed by atoms with van der Waals surface area (Å²) in [5.74, 6) is -0.273. The van der Waals surface area contributed by atoms with Crippen molar-refractivity contribution >= 4 is 22.9 Å². The van der Waals surface area contributed by atoms with E-state index < -0.39 is 23.5 Å². The number of benzene rings is 4. The molecule has 0 spiro atoms. The molecule has 2 aromatic heterocycles. The first-order chi connectivity index (χ1) is 24.1. The summed E-state index contributed by atoms with van der Waals surface area (Å²) in [6.07, 6.45) is 3.47. The van der Waals surface area contributed by atoms with Crippen LogP contribution in [0.2, 0.25) is 0 Å². The maximum Gasteiger partial charge on any atom is 0.256 e. The second kappa shape index (κ2) is 13.8. The van der Waals surface area contributed by atoms with E-state index in [-0.39, 0.29) is 24.9 Å². The van der Waals surface area contributed by atoms with Crippen LogP contribution < -0.4 is 10.1 Å². The average molecular weight is 656 g/mol. The van der Waals surface area contributed by atoms with Crippen LogP contribution in [0.4, 0.5) is 10.2 Å². The Morgan fingerprint density at radius 1 is 0.878 bits per heavy atom. The van der Waals surface area contributed by atoms with Crippen LogP contribution in [0.1, 0.15) is 33.1 Å². The third-order valence-electron chi connectivity index (χ3n) is 9.29. The fraction of sp³-hybridized carbons (Fsp3) is 0.179. The summed E-state index contributed by atoms with van der Waals surface area (Å²) in [5, 5.41) is 13.5. The van der Waals surface area contributed by atoms with Crippen LogP contribution >= 0.6 is 0 Å². The number of hydrogen-bond donors (Lipinski definition) is 2. The summed E-state index contributed by atoms with van der Waals surface area (Å²) in [4.78, 5) is 26.1. The summed E-state index contributed by atoms with van der Waals surface area (Å²) >= 11 is 0. The standard InChI is InChI=1S/C39H34FN5O4/c1-48-30-19-17-29(18-20-30)39(27-13-7-3-8-14-27,28-15-9-4-10-16-28)49-23-33-31(21-40)35(32(33)22-46)45-25-43-34-36(41-24-42-37(34)45)44-38(47)26-11-5-2-6-12-26/h2-21,24-25,32-33,35,46H,22-23H2,1H3,(H,41,42,44,47)/b31-21+/t32-,33+,35-/m1/s1. The van der Waals surface area contributed by atoms with Gasteiger partial charge in [-0.15, -0.1) is 0 Å². The van der Waals surface area contributed by atoms with E-state index >= 15 is 0 Å². The SMILES string of the molecule is COc1ccc(C(OC[C@H]2/C(=C\F)[C@@H](n3cnc4c(NC(=O)c5ccccc5)ncnc43)[C@@H]2CO)(c2ccccc2)c2ccccc2)cc1. The normalized spacial score (nSPS) is 18.3. The summed E-state index contributed by atoms with van der Waals surface area (Å²) in [6, 6.07) is 35.8. The van der Waals surface area contributed by atoms with E-state index in [1.54, 1.807) is 42.3 Å². The Morgan fingerprint density at radius 2 is 1.49 bits per heavy atom. The molecule has 49 heavy (non-hydrogen) atoms. The molecule has 3 atom stereocenters. The van der Waals surface area contributed by atoms with Gasteiger partial charge in [0.2, 0.25) is 0 Å². The Balaban J connectivity index is 1.22. The number of rotatable bonds is 11. The van der Waals surface area contributed by atoms with Gasteiger partial charge < -0.3 is 24.5 Å². The van der Waals surface area contributed by atoms with E-state index in [9.17, 15) is 14.3 Å². The summed E-state index contributed by atoms with van der Waals surface area (Å²) in [5.41, 5.74) is 3.28. The molecule has 1 saturated carbocycles. The minimum Gasteiger partial charge on any atom is -0.497 e. The molecule has 1 fully saturated rings. The van der Waals surface area contributed by atoms with E-state index in [2.05, 4.69) is 20.3 Å². The molecule has 2 N–H and O–H groups in total. The van der Waals surface area contributed by atoms with E-state index in [1.165, 1.54) is 6.33 Å². The van der Waals surface area contributed by atoms with Crippen molar-refractivity contribution in [2.45, 2.75) is 11.6 Å². The number of methoxy groups -OCH3 is 1. The molecule has 1 aliphatic carbocycles. The smallest absolute Gasteiger partial charge is 0.256 e. The van der Waals surface area contributed by atoms with E-state index in [4.69, 9.17) is 9.47 Å². The Bertz CT molecular complexity index is 2030. The van der Waals surface area contributed by atoms with Crippen molar-refractivity contribution < 1.29 is 23.8 Å². The topological polar surface area (TPSA) is 111 Å². The third-order valence-corrected chi connectivity index (χ3v) is 9.29. The number of carbonyl (C=O) groups excluding carboxylic acids is 1. The fourth-order valence-electron chi connectivity index (χ4n) is 6.83. The molecular weight excluding hydrogens is 621 g/mol. The van der Waals surface area contributed by atoms with Gasteiger partial charge in [0.1, 0.15) is 17.7 Å². The molecule has 0 saturated heterocycles. The molecule has 6 aromatic rings. The summed E-state index contributed by atoms with van der Waals surface area (Å²) in [7, 11) is 1.62. The van der Waals surface area contributed by atoms with Crippen molar-refractivity contribution in [1.82, 2.24) is 19.5 Å². The molecule has 0 unspecified atom stereocenters. The first kappa shape index (κ1) is 31.9. The molecule has 10 heteroatoms. The van der Waals surface area contributed by atoms with Crippen molar-refractivity contribution in [3.05, 3.63) is 162 Å². The molecule has 1 amide bonds. The van der Waals surface area contributed by atoms with Crippen molar-refractivity contribution in [3.8, 4) is 5.75 Å². The van der Waals surface area contributed by atoms with Crippen LogP contribution in [0.15, 0.2) is 140 Å². The van der Waals surface area contributed by atoms with Crippen LogP contribution in [0, 0.1) is 11.8 Å². The van der Waals surface area contributed by atoms with Gasteiger partial charge in [-0.3, -0.25) is 4.79 Å². The van der Waals surface area contributed by atoms with Crippen molar-refractivity contribution in [3.63, 3.8) is 0 Å². The molecule has 9 nitrogen and oxygen atoms in total.